The van der Waals surface area contributed by atoms with Gasteiger partial charge in [0.25, 0.3) is 5.91 Å². The van der Waals surface area contributed by atoms with Gasteiger partial charge in [-0.1, -0.05) is 18.2 Å². The monoisotopic (exact) mass is 333 g/mol. The Labute approximate surface area is 144 Å². The van der Waals surface area contributed by atoms with Crippen molar-refractivity contribution in [2.75, 3.05) is 23.4 Å². The maximum atomic E-state index is 12.7. The Balaban J connectivity index is 1.61. The topological polar surface area (TPSA) is 71.5 Å². The summed E-state index contributed by atoms with van der Waals surface area (Å²) in [7, 11) is 0. The first-order chi connectivity index (χ1) is 12.2. The third-order valence-electron chi connectivity index (χ3n) is 4.07. The van der Waals surface area contributed by atoms with Crippen LogP contribution in [-0.4, -0.2) is 30.1 Å². The lowest BCUT2D eigenvalue weighted by Crippen LogP contribution is -2.23. The molecular weight excluding hydrogens is 318 g/mol. The average Bonchev–Trinajstić information content (AvgIpc) is 3.07. The Morgan fingerprint density at radius 2 is 2.00 bits per heavy atom. The van der Waals surface area contributed by atoms with Crippen LogP contribution in [0.25, 0.3) is 10.9 Å². The first kappa shape index (κ1) is 15.1. The summed E-state index contributed by atoms with van der Waals surface area (Å²) >= 11 is 0. The van der Waals surface area contributed by atoms with E-state index in [1.807, 2.05) is 18.2 Å². The molecule has 124 valence electrons. The van der Waals surface area contributed by atoms with E-state index >= 15 is 0 Å². The van der Waals surface area contributed by atoms with Gasteiger partial charge >= 0.3 is 6.09 Å². The zero-order chi connectivity index (χ0) is 17.2. The number of fused-ring (bicyclic) bond motifs is 1. The SMILES string of the molecule is O=C(Nc1cccc(N2CCOC2=O)c1)c1cccc2ncccc12. The van der Waals surface area contributed by atoms with E-state index in [4.69, 9.17) is 4.74 Å². The van der Waals surface area contributed by atoms with Gasteiger partial charge in [0.15, 0.2) is 0 Å². The first-order valence-corrected chi connectivity index (χ1v) is 7.92. The fourth-order valence-corrected chi connectivity index (χ4v) is 2.88. The first-order valence-electron chi connectivity index (χ1n) is 7.92. The fourth-order valence-electron chi connectivity index (χ4n) is 2.88. The normalized spacial score (nSPS) is 13.8. The molecule has 0 aliphatic carbocycles. The lowest BCUT2D eigenvalue weighted by molar-refractivity contribution is 0.102. The minimum atomic E-state index is -0.372. The number of ether oxygens (including phenoxy) is 1. The largest absolute Gasteiger partial charge is 0.447 e. The van der Waals surface area contributed by atoms with Crippen molar-refractivity contribution in [1.82, 2.24) is 4.98 Å². The molecule has 1 N–H and O–H groups in total. The van der Waals surface area contributed by atoms with Crippen molar-refractivity contribution in [1.29, 1.82) is 0 Å². The van der Waals surface area contributed by atoms with Crippen molar-refractivity contribution in [2.45, 2.75) is 0 Å². The number of aromatic nitrogens is 1. The van der Waals surface area contributed by atoms with E-state index in [-0.39, 0.29) is 12.0 Å². The number of hydrogen-bond acceptors (Lipinski definition) is 4. The number of hydrogen-bond donors (Lipinski definition) is 1. The van der Waals surface area contributed by atoms with Crippen LogP contribution in [0, 0.1) is 0 Å². The third-order valence-corrected chi connectivity index (χ3v) is 4.07. The average molecular weight is 333 g/mol. The summed E-state index contributed by atoms with van der Waals surface area (Å²) in [5.41, 5.74) is 2.63. The highest BCUT2D eigenvalue weighted by molar-refractivity contribution is 6.12. The van der Waals surface area contributed by atoms with E-state index in [2.05, 4.69) is 10.3 Å². The molecule has 0 unspecified atom stereocenters. The predicted octanol–water partition coefficient (Wildman–Crippen LogP) is 3.44. The third kappa shape index (κ3) is 2.89. The molecule has 1 saturated heterocycles. The van der Waals surface area contributed by atoms with Gasteiger partial charge in [0.2, 0.25) is 0 Å². The van der Waals surface area contributed by atoms with Crippen LogP contribution < -0.4 is 10.2 Å². The van der Waals surface area contributed by atoms with E-state index in [0.717, 1.165) is 10.9 Å². The molecule has 1 fully saturated rings. The second-order valence-electron chi connectivity index (χ2n) is 5.65. The van der Waals surface area contributed by atoms with Crippen LogP contribution in [0.2, 0.25) is 0 Å². The second kappa shape index (κ2) is 6.24. The number of nitrogens with zero attached hydrogens (tertiary/aromatic N) is 2. The van der Waals surface area contributed by atoms with Crippen molar-refractivity contribution in [3.63, 3.8) is 0 Å². The number of nitrogens with one attached hydrogen (secondary N) is 1. The molecule has 0 spiro atoms. The van der Waals surface area contributed by atoms with Gasteiger partial charge in [0.05, 0.1) is 12.1 Å². The Kier molecular flexibility index (Phi) is 3.78. The maximum absolute atomic E-state index is 12.7. The zero-order valence-corrected chi connectivity index (χ0v) is 13.3. The number of pyridine rings is 1. The van der Waals surface area contributed by atoms with E-state index in [1.165, 1.54) is 4.90 Å². The quantitative estimate of drug-likeness (QED) is 0.797. The molecule has 6 heteroatoms. The summed E-state index contributed by atoms with van der Waals surface area (Å²) in [4.78, 5) is 30.2. The maximum Gasteiger partial charge on any atom is 0.414 e. The van der Waals surface area contributed by atoms with Gasteiger partial charge in [-0.05, 0) is 36.4 Å². The highest BCUT2D eigenvalue weighted by Gasteiger charge is 2.23. The molecule has 25 heavy (non-hydrogen) atoms. The Morgan fingerprint density at radius 3 is 2.84 bits per heavy atom. The van der Waals surface area contributed by atoms with Gasteiger partial charge in [-0.2, -0.15) is 0 Å². The van der Waals surface area contributed by atoms with Crippen LogP contribution in [0.1, 0.15) is 10.4 Å². The van der Waals surface area contributed by atoms with Crippen LogP contribution >= 0.6 is 0 Å². The Hall–Kier alpha value is -3.41. The molecule has 0 saturated carbocycles. The van der Waals surface area contributed by atoms with Crippen molar-refractivity contribution in [3.05, 3.63) is 66.4 Å². The lowest BCUT2D eigenvalue weighted by Gasteiger charge is -2.14. The molecule has 0 radical (unpaired) electrons. The van der Waals surface area contributed by atoms with Gasteiger partial charge in [-0.25, -0.2) is 4.79 Å². The molecule has 6 nitrogen and oxygen atoms in total. The number of rotatable bonds is 3. The van der Waals surface area contributed by atoms with E-state index in [9.17, 15) is 9.59 Å². The molecule has 2 heterocycles. The highest BCUT2D eigenvalue weighted by Crippen LogP contribution is 2.24. The van der Waals surface area contributed by atoms with Crippen LogP contribution in [0.15, 0.2) is 60.8 Å². The van der Waals surface area contributed by atoms with Crippen molar-refractivity contribution in [2.24, 2.45) is 0 Å². The van der Waals surface area contributed by atoms with Crippen molar-refractivity contribution >= 4 is 34.3 Å². The molecule has 1 aromatic heterocycles. The Bertz CT molecular complexity index is 966. The molecular formula is C19H15N3O3. The van der Waals surface area contributed by atoms with Crippen LogP contribution in [0.5, 0.6) is 0 Å². The lowest BCUT2D eigenvalue weighted by atomic mass is 10.1. The summed E-state index contributed by atoms with van der Waals surface area (Å²) in [6.45, 7) is 0.879. The van der Waals surface area contributed by atoms with Gasteiger partial charge in [-0.3, -0.25) is 14.7 Å². The fraction of sp³-hybridized carbons (Fsp3) is 0.105. The van der Waals surface area contributed by atoms with Crippen LogP contribution in [-0.2, 0) is 4.74 Å². The summed E-state index contributed by atoms with van der Waals surface area (Å²) < 4.78 is 4.95. The highest BCUT2D eigenvalue weighted by atomic mass is 16.6. The smallest absolute Gasteiger partial charge is 0.414 e. The second-order valence-corrected chi connectivity index (χ2v) is 5.65. The molecule has 4 rings (SSSR count). The number of carbonyl (C=O) groups excluding carboxylic acids is 2. The number of benzene rings is 2. The summed E-state index contributed by atoms with van der Waals surface area (Å²) in [5, 5.41) is 3.68. The van der Waals surface area contributed by atoms with E-state index in [0.29, 0.717) is 30.1 Å². The van der Waals surface area contributed by atoms with Gasteiger partial charge < -0.3 is 10.1 Å². The van der Waals surface area contributed by atoms with E-state index < -0.39 is 0 Å². The minimum absolute atomic E-state index is 0.222. The molecule has 0 bridgehead atoms. The van der Waals surface area contributed by atoms with Gasteiger partial charge in [0, 0.05) is 28.5 Å². The molecule has 3 aromatic rings. The molecule has 2 aromatic carbocycles. The number of cyclic esters (lactones) is 1. The molecule has 1 aliphatic heterocycles. The summed E-state index contributed by atoms with van der Waals surface area (Å²) in [6.07, 6.45) is 1.33. The predicted molar refractivity (Wildman–Crippen MR) is 94.8 cm³/mol. The van der Waals surface area contributed by atoms with E-state index in [1.54, 1.807) is 42.6 Å². The van der Waals surface area contributed by atoms with Gasteiger partial charge in [-0.15, -0.1) is 0 Å². The van der Waals surface area contributed by atoms with Crippen LogP contribution in [0.4, 0.5) is 16.2 Å². The molecule has 0 atom stereocenters. The van der Waals surface area contributed by atoms with Gasteiger partial charge in [0.1, 0.15) is 6.61 Å². The molecule has 2 amide bonds. The summed E-state index contributed by atoms with van der Waals surface area (Å²) in [5.74, 6) is -0.222. The minimum Gasteiger partial charge on any atom is -0.447 e. The molecule has 1 aliphatic rings. The number of amides is 2. The van der Waals surface area contributed by atoms with Crippen molar-refractivity contribution in [3.8, 4) is 0 Å². The number of carbonyl (C=O) groups is 2. The number of anilines is 2. The summed E-state index contributed by atoms with van der Waals surface area (Å²) in [6, 6.07) is 16.3. The standard InChI is InChI=1S/C19H15N3O3/c23-18(16-6-2-8-17-15(16)7-3-9-20-17)21-13-4-1-5-14(12-13)22-10-11-25-19(22)24/h1-9,12H,10-11H2,(H,21,23). The Morgan fingerprint density at radius 1 is 1.12 bits per heavy atom. The van der Waals surface area contributed by atoms with Crippen LogP contribution in [0.3, 0.4) is 0 Å². The zero-order valence-electron chi connectivity index (χ0n) is 13.3. The van der Waals surface area contributed by atoms with Crippen molar-refractivity contribution < 1.29 is 14.3 Å².